The average molecular weight is 167 g/mol. The maximum atomic E-state index is 9.36. The topological polar surface area (TPSA) is 26.3 Å². The highest BCUT2D eigenvalue weighted by Gasteiger charge is 1.80. The Bertz CT molecular complexity index is 46.2. The number of hydrogen-bond donors (Lipinski definition) is 0. The molecule has 0 bridgehead atoms. The molecule has 46 valence electrons. The molecule has 0 heterocycles. The van der Waals surface area contributed by atoms with Gasteiger partial charge in [0.1, 0.15) is 0 Å². The lowest BCUT2D eigenvalue weighted by Crippen LogP contribution is -1.80. The minimum atomic E-state index is -0.773. The quantitative estimate of drug-likeness (QED) is 0.515. The highest BCUT2D eigenvalue weighted by Crippen LogP contribution is 1.78. The second-order valence-electron chi connectivity index (χ2n) is 0.442. The van der Waals surface area contributed by atoms with Gasteiger partial charge in [-0.15, -0.1) is 24.8 Å². The zero-order chi connectivity index (χ0) is 4.28. The largest absolute Gasteiger partial charge is 0.457 e. The van der Waals surface area contributed by atoms with E-state index in [1.165, 1.54) is 7.11 Å². The molecule has 7 heavy (non-hydrogen) atoms. The molecule has 0 saturated carbocycles. The molecular formula is C2H5Cl3O2. The third kappa shape index (κ3) is 21.8. The summed E-state index contributed by atoms with van der Waals surface area (Å²) in [6.07, 6.45) is 0. The fourth-order valence-corrected chi connectivity index (χ4v) is 0. The maximum absolute atomic E-state index is 9.36. The van der Waals surface area contributed by atoms with Crippen LogP contribution in [0.4, 0.5) is 4.79 Å². The highest BCUT2D eigenvalue weighted by molar-refractivity contribution is 6.61. The van der Waals surface area contributed by atoms with E-state index in [9.17, 15) is 4.79 Å². The minimum absolute atomic E-state index is 0. The van der Waals surface area contributed by atoms with Crippen LogP contribution >= 0.6 is 36.4 Å². The first kappa shape index (κ1) is 15.7. The maximum Gasteiger partial charge on any atom is 0.403 e. The summed E-state index contributed by atoms with van der Waals surface area (Å²) in [6.45, 7) is 0. The molecule has 0 aromatic heterocycles. The van der Waals surface area contributed by atoms with Crippen LogP contribution in [0.5, 0.6) is 0 Å². The summed E-state index contributed by atoms with van der Waals surface area (Å²) in [4.78, 5) is 9.36. The smallest absolute Gasteiger partial charge is 0.403 e. The fraction of sp³-hybridized carbons (Fsp3) is 0.500. The van der Waals surface area contributed by atoms with Crippen molar-refractivity contribution in [3.63, 3.8) is 0 Å². The van der Waals surface area contributed by atoms with E-state index in [1.807, 2.05) is 0 Å². The first-order valence-corrected chi connectivity index (χ1v) is 1.38. The lowest BCUT2D eigenvalue weighted by Gasteiger charge is -1.77. The van der Waals surface area contributed by atoms with E-state index < -0.39 is 5.43 Å². The van der Waals surface area contributed by atoms with Crippen LogP contribution < -0.4 is 0 Å². The van der Waals surface area contributed by atoms with Crippen molar-refractivity contribution in [3.05, 3.63) is 0 Å². The van der Waals surface area contributed by atoms with Crippen molar-refractivity contribution in [2.24, 2.45) is 0 Å². The molecule has 0 aliphatic rings. The first-order valence-electron chi connectivity index (χ1n) is 1.01. The molecule has 0 unspecified atom stereocenters. The third-order valence-corrected chi connectivity index (χ3v) is 0.315. The number of hydrogen-bond acceptors (Lipinski definition) is 2. The zero-order valence-electron chi connectivity index (χ0n) is 3.51. The number of carbonyl (C=O) groups is 1. The fourth-order valence-electron chi connectivity index (χ4n) is 0. The van der Waals surface area contributed by atoms with Gasteiger partial charge in [-0.05, 0) is 0 Å². The Morgan fingerprint density at radius 1 is 1.57 bits per heavy atom. The van der Waals surface area contributed by atoms with Gasteiger partial charge in [-0.3, -0.25) is 0 Å². The van der Waals surface area contributed by atoms with E-state index >= 15 is 0 Å². The zero-order valence-corrected chi connectivity index (χ0v) is 5.90. The molecule has 0 saturated heterocycles. The molecule has 0 aliphatic carbocycles. The number of rotatable bonds is 0. The van der Waals surface area contributed by atoms with Crippen LogP contribution in [0.3, 0.4) is 0 Å². The predicted molar refractivity (Wildman–Crippen MR) is 32.8 cm³/mol. The Morgan fingerprint density at radius 3 is 1.71 bits per heavy atom. The highest BCUT2D eigenvalue weighted by atomic mass is 35.5. The molecule has 0 N–H and O–H groups in total. The van der Waals surface area contributed by atoms with Gasteiger partial charge in [0.15, 0.2) is 0 Å². The molecule has 0 amide bonds. The van der Waals surface area contributed by atoms with Gasteiger partial charge in [0.05, 0.1) is 7.11 Å². The molecule has 0 aliphatic heterocycles. The first-order chi connectivity index (χ1) is 2.27. The van der Waals surface area contributed by atoms with Crippen molar-refractivity contribution in [2.75, 3.05) is 7.11 Å². The summed E-state index contributed by atoms with van der Waals surface area (Å²) in [7, 11) is 1.22. The summed E-state index contributed by atoms with van der Waals surface area (Å²) >= 11 is 4.60. The van der Waals surface area contributed by atoms with Crippen molar-refractivity contribution in [1.29, 1.82) is 0 Å². The molecule has 0 radical (unpaired) electrons. The Balaban J connectivity index is -0.0000000800. The standard InChI is InChI=1S/C2H3ClO2.2ClH/c1-5-2(3)4;;/h1H3;2*1H. The van der Waals surface area contributed by atoms with E-state index in [1.54, 1.807) is 0 Å². The van der Waals surface area contributed by atoms with E-state index in [-0.39, 0.29) is 24.8 Å². The number of ether oxygens (including phenoxy) is 1. The third-order valence-electron chi connectivity index (χ3n) is 0.160. The Labute approximate surface area is 59.0 Å². The van der Waals surface area contributed by atoms with E-state index in [0.29, 0.717) is 0 Å². The van der Waals surface area contributed by atoms with Gasteiger partial charge >= 0.3 is 5.43 Å². The Morgan fingerprint density at radius 2 is 1.71 bits per heavy atom. The monoisotopic (exact) mass is 166 g/mol. The van der Waals surface area contributed by atoms with Gasteiger partial charge in [-0.25, -0.2) is 4.79 Å². The van der Waals surface area contributed by atoms with Crippen LogP contribution in [0.25, 0.3) is 0 Å². The molecule has 2 nitrogen and oxygen atoms in total. The molecule has 0 atom stereocenters. The second-order valence-corrected chi connectivity index (χ2v) is 0.750. The Hall–Kier alpha value is 0.340. The van der Waals surface area contributed by atoms with Gasteiger partial charge in [-0.2, -0.15) is 0 Å². The van der Waals surface area contributed by atoms with Crippen molar-refractivity contribution >= 4 is 41.8 Å². The van der Waals surface area contributed by atoms with Crippen molar-refractivity contribution in [3.8, 4) is 0 Å². The lowest BCUT2D eigenvalue weighted by molar-refractivity contribution is 0.198. The van der Waals surface area contributed by atoms with E-state index in [4.69, 9.17) is 0 Å². The summed E-state index contributed by atoms with van der Waals surface area (Å²) in [5.74, 6) is 0. The molecule has 0 fully saturated rings. The molecule has 0 rings (SSSR count). The number of halogens is 3. The number of methoxy groups -OCH3 is 1. The summed E-state index contributed by atoms with van der Waals surface area (Å²) in [5, 5.41) is 0. The molecule has 0 aromatic carbocycles. The summed E-state index contributed by atoms with van der Waals surface area (Å²) < 4.78 is 3.88. The molecule has 0 spiro atoms. The van der Waals surface area contributed by atoms with Gasteiger partial charge < -0.3 is 4.74 Å². The minimum Gasteiger partial charge on any atom is -0.457 e. The van der Waals surface area contributed by atoms with Crippen LogP contribution in [0, 0.1) is 0 Å². The van der Waals surface area contributed by atoms with Crippen LogP contribution in [0.15, 0.2) is 0 Å². The molecular weight excluding hydrogens is 162 g/mol. The van der Waals surface area contributed by atoms with Gasteiger partial charge in [0.25, 0.3) is 0 Å². The van der Waals surface area contributed by atoms with E-state index in [2.05, 4.69) is 16.3 Å². The van der Waals surface area contributed by atoms with Gasteiger partial charge in [0, 0.05) is 11.6 Å². The van der Waals surface area contributed by atoms with Crippen LogP contribution in [-0.2, 0) is 4.74 Å². The van der Waals surface area contributed by atoms with Crippen molar-refractivity contribution in [1.82, 2.24) is 0 Å². The lowest BCUT2D eigenvalue weighted by atomic mass is 11.5. The molecule has 5 heteroatoms. The van der Waals surface area contributed by atoms with Gasteiger partial charge in [0.2, 0.25) is 0 Å². The van der Waals surface area contributed by atoms with Gasteiger partial charge in [-0.1, -0.05) is 0 Å². The van der Waals surface area contributed by atoms with Crippen molar-refractivity contribution < 1.29 is 9.53 Å². The number of carbonyl (C=O) groups excluding carboxylic acids is 1. The van der Waals surface area contributed by atoms with Crippen LogP contribution in [0.2, 0.25) is 0 Å². The van der Waals surface area contributed by atoms with Crippen molar-refractivity contribution in [2.45, 2.75) is 0 Å². The normalized spacial score (nSPS) is 4.86. The summed E-state index contributed by atoms with van der Waals surface area (Å²) in [5.41, 5.74) is -0.773. The second kappa shape index (κ2) is 9.60. The van der Waals surface area contributed by atoms with Crippen LogP contribution in [0.1, 0.15) is 0 Å². The molecule has 0 aromatic rings. The predicted octanol–water partition coefficient (Wildman–Crippen LogP) is 1.84. The SMILES string of the molecule is COC(=O)Cl.Cl.Cl. The average Bonchev–Trinajstić information content (AvgIpc) is 1.38. The summed E-state index contributed by atoms with van der Waals surface area (Å²) in [6, 6.07) is 0. The Kier molecular flexibility index (Phi) is 21.5. The van der Waals surface area contributed by atoms with E-state index in [0.717, 1.165) is 0 Å². The van der Waals surface area contributed by atoms with Crippen LogP contribution in [-0.4, -0.2) is 12.5 Å².